The van der Waals surface area contributed by atoms with Crippen LogP contribution in [0.2, 0.25) is 5.02 Å². The molecule has 1 N–H and O–H groups in total. The van der Waals surface area contributed by atoms with Crippen LogP contribution < -0.4 is 5.32 Å². The van der Waals surface area contributed by atoms with Gasteiger partial charge in [0.05, 0.1) is 17.3 Å². The molecule has 0 unspecified atom stereocenters. The molecule has 2 fully saturated rings. The Bertz CT molecular complexity index is 824. The van der Waals surface area contributed by atoms with Gasteiger partial charge in [-0.3, -0.25) is 14.7 Å². The monoisotopic (exact) mass is 345 g/mol. The number of imide groups is 1. The zero-order valence-electron chi connectivity index (χ0n) is 12.5. The second-order valence-electron chi connectivity index (χ2n) is 5.94. The number of carbonyl (C=O) groups is 2. The first-order valence-corrected chi connectivity index (χ1v) is 7.93. The predicted molar refractivity (Wildman–Crippen MR) is 86.0 cm³/mol. The molecule has 1 aromatic heterocycles. The van der Waals surface area contributed by atoms with Gasteiger partial charge >= 0.3 is 6.03 Å². The highest BCUT2D eigenvalue weighted by atomic mass is 35.5. The average molecular weight is 346 g/mol. The van der Waals surface area contributed by atoms with Crippen molar-refractivity contribution in [1.29, 1.82) is 0 Å². The number of nitrogens with one attached hydrogen (secondary N) is 1. The Balaban J connectivity index is 1.52. The maximum atomic E-state index is 13.2. The molecule has 7 heteroatoms. The third kappa shape index (κ3) is 2.53. The van der Waals surface area contributed by atoms with Crippen molar-refractivity contribution in [1.82, 2.24) is 15.2 Å². The van der Waals surface area contributed by atoms with Gasteiger partial charge in [0.15, 0.2) is 0 Å². The van der Waals surface area contributed by atoms with Gasteiger partial charge in [-0.1, -0.05) is 17.7 Å². The molecule has 122 valence electrons. The van der Waals surface area contributed by atoms with Crippen molar-refractivity contribution in [2.75, 3.05) is 6.54 Å². The smallest absolute Gasteiger partial charge is 0.324 e. The lowest BCUT2D eigenvalue weighted by Crippen LogP contribution is -2.33. The number of carbonyl (C=O) groups excluding carboxylic acids is 2. The average Bonchev–Trinajstić information content (AvgIpc) is 3.29. The lowest BCUT2D eigenvalue weighted by molar-refractivity contribution is -0.125. The molecule has 2 aliphatic rings. The molecule has 2 aromatic rings. The Hall–Kier alpha value is -2.47. The van der Waals surface area contributed by atoms with Crippen molar-refractivity contribution < 1.29 is 14.0 Å². The number of pyridine rings is 1. The van der Waals surface area contributed by atoms with E-state index in [-0.39, 0.29) is 35.5 Å². The van der Waals surface area contributed by atoms with Crippen LogP contribution in [0, 0.1) is 5.82 Å². The summed E-state index contributed by atoms with van der Waals surface area (Å²) in [7, 11) is 0. The van der Waals surface area contributed by atoms with Crippen LogP contribution in [-0.4, -0.2) is 34.4 Å². The molecule has 4 rings (SSSR count). The van der Waals surface area contributed by atoms with Crippen LogP contribution in [-0.2, 0) is 4.79 Å². The van der Waals surface area contributed by atoms with Gasteiger partial charge in [0.25, 0.3) is 0 Å². The molecule has 0 bridgehead atoms. The topological polar surface area (TPSA) is 62.3 Å². The molecule has 1 aromatic carbocycles. The molecule has 1 aliphatic carbocycles. The highest BCUT2D eigenvalue weighted by Gasteiger charge is 2.49. The van der Waals surface area contributed by atoms with Gasteiger partial charge in [0.1, 0.15) is 5.82 Å². The normalized spacial score (nSPS) is 22.7. The first-order valence-electron chi connectivity index (χ1n) is 7.56. The molecule has 5 nitrogen and oxygen atoms in total. The molecule has 1 aliphatic heterocycles. The number of urea groups is 1. The lowest BCUT2D eigenvalue weighted by atomic mass is 10.1. The van der Waals surface area contributed by atoms with E-state index in [2.05, 4.69) is 10.3 Å². The van der Waals surface area contributed by atoms with E-state index in [4.69, 9.17) is 11.6 Å². The van der Waals surface area contributed by atoms with E-state index in [1.54, 1.807) is 12.3 Å². The SMILES string of the molecule is O=C1CNC(=O)N1[C@H]1C[C@@H]1c1ccc(-c2ccc(F)c(Cl)c2)nc1. The fourth-order valence-electron chi connectivity index (χ4n) is 3.05. The largest absolute Gasteiger partial charge is 0.329 e. The van der Waals surface area contributed by atoms with Gasteiger partial charge in [-0.15, -0.1) is 0 Å². The second kappa shape index (κ2) is 5.56. The third-order valence-electron chi connectivity index (χ3n) is 4.40. The Kier molecular flexibility index (Phi) is 3.49. The number of benzene rings is 1. The van der Waals surface area contributed by atoms with Crippen molar-refractivity contribution in [3.05, 3.63) is 52.9 Å². The Morgan fingerprint density at radius 1 is 1.25 bits per heavy atom. The van der Waals surface area contributed by atoms with Crippen LogP contribution in [0.4, 0.5) is 9.18 Å². The molecular weight excluding hydrogens is 333 g/mol. The number of nitrogens with zero attached hydrogens (tertiary/aromatic N) is 2. The third-order valence-corrected chi connectivity index (χ3v) is 4.69. The lowest BCUT2D eigenvalue weighted by Gasteiger charge is -2.12. The number of hydrogen-bond acceptors (Lipinski definition) is 3. The zero-order valence-corrected chi connectivity index (χ0v) is 13.3. The van der Waals surface area contributed by atoms with Crippen LogP contribution in [0.5, 0.6) is 0 Å². The summed E-state index contributed by atoms with van der Waals surface area (Å²) in [6.07, 6.45) is 2.48. The Labute approximate surface area is 142 Å². The molecule has 24 heavy (non-hydrogen) atoms. The van der Waals surface area contributed by atoms with Gasteiger partial charge in [-0.25, -0.2) is 9.18 Å². The summed E-state index contributed by atoms with van der Waals surface area (Å²) < 4.78 is 13.2. The van der Waals surface area contributed by atoms with Crippen molar-refractivity contribution >= 4 is 23.5 Å². The van der Waals surface area contributed by atoms with Gasteiger partial charge in [0.2, 0.25) is 5.91 Å². The highest BCUT2D eigenvalue weighted by Crippen LogP contribution is 2.45. The summed E-state index contributed by atoms with van der Waals surface area (Å²) in [5.74, 6) is -0.527. The first-order chi connectivity index (χ1) is 11.5. The number of halogens is 2. The van der Waals surface area contributed by atoms with Crippen LogP contribution >= 0.6 is 11.6 Å². The summed E-state index contributed by atoms with van der Waals surface area (Å²) in [6, 6.07) is 7.80. The Morgan fingerprint density at radius 3 is 2.71 bits per heavy atom. The van der Waals surface area contributed by atoms with E-state index in [0.717, 1.165) is 17.5 Å². The number of rotatable bonds is 3. The van der Waals surface area contributed by atoms with Gasteiger partial charge in [0, 0.05) is 23.7 Å². The number of aromatic nitrogens is 1. The van der Waals surface area contributed by atoms with E-state index in [1.165, 1.54) is 17.0 Å². The van der Waals surface area contributed by atoms with Crippen LogP contribution in [0.1, 0.15) is 17.9 Å². The molecule has 0 spiro atoms. The minimum atomic E-state index is -0.466. The zero-order chi connectivity index (χ0) is 16.8. The maximum absolute atomic E-state index is 13.2. The highest BCUT2D eigenvalue weighted by molar-refractivity contribution is 6.31. The van der Waals surface area contributed by atoms with Crippen LogP contribution in [0.25, 0.3) is 11.3 Å². The molecule has 1 saturated heterocycles. The molecular formula is C17H13ClFN3O2. The fourth-order valence-corrected chi connectivity index (χ4v) is 3.23. The van der Waals surface area contributed by atoms with Crippen LogP contribution in [0.15, 0.2) is 36.5 Å². The maximum Gasteiger partial charge on any atom is 0.324 e. The predicted octanol–water partition coefficient (Wildman–Crippen LogP) is 2.95. The molecule has 2 heterocycles. The molecule has 2 atom stereocenters. The van der Waals surface area contributed by atoms with Crippen molar-refractivity contribution in [3.8, 4) is 11.3 Å². The summed E-state index contributed by atoms with van der Waals surface area (Å²) in [6.45, 7) is 0.0740. The molecule has 1 saturated carbocycles. The number of amides is 3. The number of hydrogen-bond donors (Lipinski definition) is 1. The van der Waals surface area contributed by atoms with Crippen molar-refractivity contribution in [2.24, 2.45) is 0 Å². The first kappa shape index (κ1) is 15.1. The molecule has 0 radical (unpaired) electrons. The Morgan fingerprint density at radius 2 is 2.08 bits per heavy atom. The van der Waals surface area contributed by atoms with E-state index in [0.29, 0.717) is 5.69 Å². The van der Waals surface area contributed by atoms with E-state index in [1.807, 2.05) is 12.1 Å². The van der Waals surface area contributed by atoms with Gasteiger partial charge in [-0.05, 0) is 36.2 Å². The van der Waals surface area contributed by atoms with Crippen LogP contribution in [0.3, 0.4) is 0 Å². The van der Waals surface area contributed by atoms with E-state index in [9.17, 15) is 14.0 Å². The quantitative estimate of drug-likeness (QED) is 0.870. The standard InChI is InChI=1S/C17H13ClFN3O2/c18-12-5-9(1-3-13(12)19)14-4-2-10(7-20-14)11-6-15(11)22-16(23)8-21-17(22)24/h1-5,7,11,15H,6,8H2,(H,21,24)/t11-,15+/m1/s1. The summed E-state index contributed by atoms with van der Waals surface area (Å²) in [5, 5.41) is 2.59. The van der Waals surface area contributed by atoms with Crippen molar-refractivity contribution in [3.63, 3.8) is 0 Å². The summed E-state index contributed by atoms with van der Waals surface area (Å²) in [4.78, 5) is 29.1. The molecule has 3 amide bonds. The van der Waals surface area contributed by atoms with Gasteiger partial charge in [-0.2, -0.15) is 0 Å². The minimum Gasteiger partial charge on any atom is -0.329 e. The minimum absolute atomic E-state index is 0.0548. The van der Waals surface area contributed by atoms with Crippen molar-refractivity contribution in [2.45, 2.75) is 18.4 Å². The van der Waals surface area contributed by atoms with E-state index < -0.39 is 5.82 Å². The summed E-state index contributed by atoms with van der Waals surface area (Å²) in [5.41, 5.74) is 2.40. The summed E-state index contributed by atoms with van der Waals surface area (Å²) >= 11 is 5.80. The van der Waals surface area contributed by atoms with E-state index >= 15 is 0 Å². The second-order valence-corrected chi connectivity index (χ2v) is 6.34. The van der Waals surface area contributed by atoms with Gasteiger partial charge < -0.3 is 5.32 Å². The fraction of sp³-hybridized carbons (Fsp3) is 0.235.